The quantitative estimate of drug-likeness (QED) is 0.525. The Balaban J connectivity index is 4.59. The van der Waals surface area contributed by atoms with E-state index in [0.29, 0.717) is 0 Å². The first-order valence-corrected chi connectivity index (χ1v) is 9.26. The minimum atomic E-state index is -4.28. The van der Waals surface area contributed by atoms with Gasteiger partial charge in [-0.1, -0.05) is 12.2 Å². The van der Waals surface area contributed by atoms with Crippen molar-refractivity contribution in [2.24, 2.45) is 5.92 Å². The fourth-order valence-corrected chi connectivity index (χ4v) is 3.52. The third-order valence-electron chi connectivity index (χ3n) is 1.77. The van der Waals surface area contributed by atoms with Gasteiger partial charge in [-0.15, -0.1) is 13.2 Å². The van der Waals surface area contributed by atoms with Gasteiger partial charge in [0, 0.05) is 5.54 Å². The van der Waals surface area contributed by atoms with Crippen molar-refractivity contribution >= 4 is 18.1 Å². The summed E-state index contributed by atoms with van der Waals surface area (Å²) in [6, 6.07) is 0. The molecular weight excluding hydrogens is 249 g/mol. The van der Waals surface area contributed by atoms with Crippen molar-refractivity contribution in [2.75, 3.05) is 0 Å². The van der Waals surface area contributed by atoms with E-state index in [-0.39, 0.29) is 9.76 Å². The molecular formula is C10H17F3OSi2. The Labute approximate surface area is 98.5 Å². The lowest BCUT2D eigenvalue weighted by Gasteiger charge is -2.26. The summed E-state index contributed by atoms with van der Waals surface area (Å²) in [5.74, 6) is -1.57. The summed E-state index contributed by atoms with van der Waals surface area (Å²) >= 11 is 0. The lowest BCUT2D eigenvalue weighted by molar-refractivity contribution is -0.160. The maximum atomic E-state index is 12.6. The Kier molecular flexibility index (Phi) is 5.71. The molecule has 0 aliphatic carbocycles. The SMILES string of the molecule is C=CC([Si]O[Si](C)(C)C)C(C=C)C(F)(F)F. The molecule has 0 heterocycles. The molecule has 2 unspecified atom stereocenters. The molecule has 6 heteroatoms. The lowest BCUT2D eigenvalue weighted by Crippen LogP contribution is -2.34. The average molecular weight is 266 g/mol. The number of allylic oxidation sites excluding steroid dienone is 2. The first-order valence-electron chi connectivity index (χ1n) is 4.87. The van der Waals surface area contributed by atoms with Gasteiger partial charge in [0.1, 0.15) is 0 Å². The number of hydrogen-bond donors (Lipinski definition) is 0. The zero-order chi connectivity index (χ0) is 13.0. The van der Waals surface area contributed by atoms with E-state index in [1.807, 2.05) is 19.6 Å². The second-order valence-electron chi connectivity index (χ2n) is 4.40. The normalized spacial score (nSPS) is 16.6. The summed E-state index contributed by atoms with van der Waals surface area (Å²) in [6.07, 6.45) is -2.05. The van der Waals surface area contributed by atoms with Crippen LogP contribution < -0.4 is 0 Å². The standard InChI is InChI=1S/C10H17F3OSi2/c1-6-8(10(11,12)13)9(7-2)15-14-16(3,4)5/h6-9H,1-2H2,3-5H3. The highest BCUT2D eigenvalue weighted by Gasteiger charge is 2.42. The lowest BCUT2D eigenvalue weighted by atomic mass is 10.1. The topological polar surface area (TPSA) is 9.23 Å². The van der Waals surface area contributed by atoms with Gasteiger partial charge in [0.05, 0.1) is 5.92 Å². The molecule has 0 saturated heterocycles. The van der Waals surface area contributed by atoms with E-state index in [0.717, 1.165) is 6.08 Å². The molecule has 0 rings (SSSR count). The summed E-state index contributed by atoms with van der Waals surface area (Å²) < 4.78 is 43.4. The molecule has 1 nitrogen and oxygen atoms in total. The fraction of sp³-hybridized carbons (Fsp3) is 0.600. The van der Waals surface area contributed by atoms with E-state index >= 15 is 0 Å². The Bertz CT molecular complexity index is 245. The summed E-state index contributed by atoms with van der Waals surface area (Å²) in [6.45, 7) is 12.5. The maximum Gasteiger partial charge on any atom is 0.395 e. The van der Waals surface area contributed by atoms with Crippen LogP contribution in [0.5, 0.6) is 0 Å². The van der Waals surface area contributed by atoms with Crippen LogP contribution in [0.2, 0.25) is 25.2 Å². The van der Waals surface area contributed by atoms with Crippen LogP contribution >= 0.6 is 0 Å². The number of halogens is 3. The van der Waals surface area contributed by atoms with Gasteiger partial charge in [0.2, 0.25) is 9.76 Å². The van der Waals surface area contributed by atoms with E-state index in [4.69, 9.17) is 4.12 Å². The van der Waals surface area contributed by atoms with Crippen molar-refractivity contribution in [1.82, 2.24) is 0 Å². The molecule has 0 fully saturated rings. The zero-order valence-corrected chi connectivity index (χ0v) is 11.8. The summed E-state index contributed by atoms with van der Waals surface area (Å²) in [5, 5.41) is 0. The first kappa shape index (κ1) is 15.7. The monoisotopic (exact) mass is 266 g/mol. The molecule has 0 aromatic heterocycles. The molecule has 0 aliphatic heterocycles. The number of hydrogen-bond acceptors (Lipinski definition) is 1. The van der Waals surface area contributed by atoms with Crippen LogP contribution in [0, 0.1) is 5.92 Å². The minimum Gasteiger partial charge on any atom is -0.456 e. The molecule has 0 bridgehead atoms. The van der Waals surface area contributed by atoms with Gasteiger partial charge in [0.15, 0.2) is 8.32 Å². The molecule has 0 amide bonds. The van der Waals surface area contributed by atoms with Crippen molar-refractivity contribution in [3.8, 4) is 0 Å². The van der Waals surface area contributed by atoms with Gasteiger partial charge in [-0.05, 0) is 19.6 Å². The van der Waals surface area contributed by atoms with Gasteiger partial charge < -0.3 is 4.12 Å². The van der Waals surface area contributed by atoms with Crippen molar-refractivity contribution in [3.05, 3.63) is 25.3 Å². The van der Waals surface area contributed by atoms with Gasteiger partial charge in [-0.25, -0.2) is 0 Å². The molecule has 0 aromatic carbocycles. The minimum absolute atomic E-state index is 0.212. The third-order valence-corrected chi connectivity index (χ3v) is 5.56. The Morgan fingerprint density at radius 1 is 1.19 bits per heavy atom. The van der Waals surface area contributed by atoms with E-state index < -0.39 is 26.0 Å². The Morgan fingerprint density at radius 2 is 1.69 bits per heavy atom. The van der Waals surface area contributed by atoms with Gasteiger partial charge in [0.25, 0.3) is 0 Å². The summed E-state index contributed by atoms with van der Waals surface area (Å²) in [4.78, 5) is 0. The molecule has 2 radical (unpaired) electrons. The summed E-state index contributed by atoms with van der Waals surface area (Å²) in [7, 11) is -2.00. The molecule has 16 heavy (non-hydrogen) atoms. The van der Waals surface area contributed by atoms with Gasteiger partial charge in [-0.3, -0.25) is 0 Å². The predicted octanol–water partition coefficient (Wildman–Crippen LogP) is 3.80. The largest absolute Gasteiger partial charge is 0.456 e. The molecule has 92 valence electrons. The first-order chi connectivity index (χ1) is 7.11. The fourth-order valence-electron chi connectivity index (χ4n) is 0.997. The van der Waals surface area contributed by atoms with Crippen LogP contribution in [-0.4, -0.2) is 24.3 Å². The van der Waals surface area contributed by atoms with E-state index in [2.05, 4.69) is 13.2 Å². The zero-order valence-electron chi connectivity index (χ0n) is 9.77. The Morgan fingerprint density at radius 3 is 1.94 bits per heavy atom. The van der Waals surface area contributed by atoms with Gasteiger partial charge >= 0.3 is 6.18 Å². The molecule has 0 spiro atoms. The average Bonchev–Trinajstić information content (AvgIpc) is 2.08. The molecule has 0 aliphatic rings. The van der Waals surface area contributed by atoms with Crippen LogP contribution in [0.4, 0.5) is 13.2 Å². The smallest absolute Gasteiger partial charge is 0.395 e. The van der Waals surface area contributed by atoms with E-state index in [1.165, 1.54) is 6.08 Å². The Hall–Kier alpha value is -0.336. The second kappa shape index (κ2) is 5.83. The van der Waals surface area contributed by atoms with E-state index in [9.17, 15) is 13.2 Å². The van der Waals surface area contributed by atoms with Crippen LogP contribution in [0.15, 0.2) is 25.3 Å². The third kappa shape index (κ3) is 5.67. The maximum absolute atomic E-state index is 12.6. The van der Waals surface area contributed by atoms with Crippen LogP contribution in [0.1, 0.15) is 0 Å². The van der Waals surface area contributed by atoms with Crippen LogP contribution in [0.3, 0.4) is 0 Å². The van der Waals surface area contributed by atoms with Gasteiger partial charge in [-0.2, -0.15) is 13.2 Å². The molecule has 0 N–H and O–H groups in total. The van der Waals surface area contributed by atoms with Crippen molar-refractivity contribution in [2.45, 2.75) is 31.4 Å². The summed E-state index contributed by atoms with van der Waals surface area (Å²) in [5.41, 5.74) is -0.732. The van der Waals surface area contributed by atoms with Crippen molar-refractivity contribution in [1.29, 1.82) is 0 Å². The van der Waals surface area contributed by atoms with Crippen LogP contribution in [0.25, 0.3) is 0 Å². The number of rotatable bonds is 6. The highest BCUT2D eigenvalue weighted by Crippen LogP contribution is 2.36. The number of alkyl halides is 3. The van der Waals surface area contributed by atoms with E-state index in [1.54, 1.807) is 0 Å². The predicted molar refractivity (Wildman–Crippen MR) is 63.9 cm³/mol. The van der Waals surface area contributed by atoms with Crippen molar-refractivity contribution in [3.63, 3.8) is 0 Å². The highest BCUT2D eigenvalue weighted by molar-refractivity contribution is 6.74. The second-order valence-corrected chi connectivity index (χ2v) is 10.3. The molecule has 2 atom stereocenters. The molecule has 0 aromatic rings. The van der Waals surface area contributed by atoms with Crippen LogP contribution in [-0.2, 0) is 4.12 Å². The van der Waals surface area contributed by atoms with Crippen molar-refractivity contribution < 1.29 is 17.3 Å². The highest BCUT2D eigenvalue weighted by atomic mass is 28.4. The molecule has 0 saturated carbocycles.